The maximum Gasteiger partial charge on any atom is 0.112 e. The number of nitrogens with one attached hydrogen (secondary N) is 1. The molecule has 1 aliphatic heterocycles. The van der Waals surface area contributed by atoms with Crippen LogP contribution in [0.3, 0.4) is 0 Å². The molecule has 4 nitrogen and oxygen atoms in total. The van der Waals surface area contributed by atoms with E-state index in [0.29, 0.717) is 18.4 Å². The van der Waals surface area contributed by atoms with Crippen LogP contribution < -0.4 is 5.32 Å². The average Bonchev–Trinajstić information content (AvgIpc) is 3.13. The van der Waals surface area contributed by atoms with Gasteiger partial charge in [0.1, 0.15) is 5.82 Å². The monoisotopic (exact) mass is 307 g/mol. The van der Waals surface area contributed by atoms with Crippen LogP contribution in [-0.4, -0.2) is 34.4 Å². The third kappa shape index (κ3) is 3.85. The number of hydrogen-bond donors (Lipinski definition) is 2. The molecule has 2 fully saturated rings. The predicted molar refractivity (Wildman–Crippen MR) is 80.6 cm³/mol. The molecular formula is C13H23Cl2N3O. The molecule has 2 aliphatic rings. The van der Waals surface area contributed by atoms with E-state index >= 15 is 0 Å². The Hall–Kier alpha value is -0.290. The molecule has 0 unspecified atom stereocenters. The van der Waals surface area contributed by atoms with Crippen LogP contribution in [0.15, 0.2) is 6.20 Å². The van der Waals surface area contributed by atoms with Gasteiger partial charge in [0.15, 0.2) is 0 Å². The van der Waals surface area contributed by atoms with Crippen LogP contribution in [0, 0.1) is 0 Å². The minimum absolute atomic E-state index is 0. The summed E-state index contributed by atoms with van der Waals surface area (Å²) in [5.41, 5.74) is 1.26. The summed E-state index contributed by atoms with van der Waals surface area (Å²) in [5.74, 6) is 2.49. The fourth-order valence-corrected chi connectivity index (χ4v) is 2.72. The van der Waals surface area contributed by atoms with Gasteiger partial charge in [-0.3, -0.25) is 0 Å². The zero-order chi connectivity index (χ0) is 11.7. The summed E-state index contributed by atoms with van der Waals surface area (Å²) in [5, 5.41) is 12.5. The first-order valence-corrected chi connectivity index (χ1v) is 6.77. The number of aliphatic hydroxyl groups excluding tert-OH is 1. The lowest BCUT2D eigenvalue weighted by atomic mass is 9.97. The highest BCUT2D eigenvalue weighted by Crippen LogP contribution is 2.40. The molecule has 6 heteroatoms. The highest BCUT2D eigenvalue weighted by Gasteiger charge is 2.29. The van der Waals surface area contributed by atoms with Crippen LogP contribution in [0.2, 0.25) is 0 Å². The van der Waals surface area contributed by atoms with Crippen molar-refractivity contribution in [3.63, 3.8) is 0 Å². The molecule has 1 aliphatic carbocycles. The number of rotatable bonds is 4. The molecule has 0 radical (unpaired) electrons. The normalized spacial score (nSPS) is 19.6. The van der Waals surface area contributed by atoms with E-state index in [1.165, 1.54) is 37.2 Å². The second-order valence-corrected chi connectivity index (χ2v) is 5.24. The van der Waals surface area contributed by atoms with Crippen molar-refractivity contribution in [3.8, 4) is 0 Å². The summed E-state index contributed by atoms with van der Waals surface area (Å²) in [6, 6.07) is 0. The molecule has 1 saturated carbocycles. The summed E-state index contributed by atoms with van der Waals surface area (Å²) in [4.78, 5) is 4.84. The van der Waals surface area contributed by atoms with Crippen molar-refractivity contribution < 1.29 is 5.11 Å². The van der Waals surface area contributed by atoms with E-state index in [-0.39, 0.29) is 31.4 Å². The highest BCUT2D eigenvalue weighted by atomic mass is 35.5. The maximum absolute atomic E-state index is 9.15. The number of imidazole rings is 1. The van der Waals surface area contributed by atoms with Gasteiger partial charge in [0.2, 0.25) is 0 Å². The quantitative estimate of drug-likeness (QED) is 0.895. The number of piperidine rings is 1. The van der Waals surface area contributed by atoms with Crippen molar-refractivity contribution in [1.82, 2.24) is 14.9 Å². The van der Waals surface area contributed by atoms with Gasteiger partial charge in [-0.1, -0.05) is 0 Å². The Balaban J connectivity index is 0.000000902. The van der Waals surface area contributed by atoms with Gasteiger partial charge in [0.25, 0.3) is 0 Å². The number of nitrogens with zero attached hydrogens (tertiary/aromatic N) is 2. The molecule has 0 bridgehead atoms. The molecule has 1 saturated heterocycles. The van der Waals surface area contributed by atoms with Gasteiger partial charge >= 0.3 is 0 Å². The van der Waals surface area contributed by atoms with Crippen molar-refractivity contribution >= 4 is 24.8 Å². The van der Waals surface area contributed by atoms with Crippen molar-refractivity contribution in [2.24, 2.45) is 0 Å². The van der Waals surface area contributed by atoms with E-state index in [4.69, 9.17) is 10.1 Å². The molecule has 1 aromatic rings. The van der Waals surface area contributed by atoms with Gasteiger partial charge in [0.05, 0.1) is 12.3 Å². The zero-order valence-corrected chi connectivity index (χ0v) is 12.7. The van der Waals surface area contributed by atoms with Crippen LogP contribution >= 0.6 is 24.8 Å². The van der Waals surface area contributed by atoms with Crippen LogP contribution in [0.4, 0.5) is 0 Å². The van der Waals surface area contributed by atoms with E-state index in [1.807, 2.05) is 0 Å². The third-order valence-electron chi connectivity index (χ3n) is 3.87. The predicted octanol–water partition coefficient (Wildman–Crippen LogP) is 2.06. The van der Waals surface area contributed by atoms with Gasteiger partial charge < -0.3 is 15.0 Å². The van der Waals surface area contributed by atoms with E-state index in [1.54, 1.807) is 0 Å². The SMILES string of the molecule is Cl.Cl.OCCn1cc(C2CC2)nc1C1CCNCC1. The Morgan fingerprint density at radius 1 is 1.16 bits per heavy atom. The average molecular weight is 308 g/mol. The van der Waals surface area contributed by atoms with Crippen LogP contribution in [0.1, 0.15) is 49.0 Å². The molecule has 0 amide bonds. The topological polar surface area (TPSA) is 50.1 Å². The van der Waals surface area contributed by atoms with Gasteiger partial charge in [-0.2, -0.15) is 0 Å². The zero-order valence-electron chi connectivity index (χ0n) is 11.0. The largest absolute Gasteiger partial charge is 0.395 e. The Labute approximate surface area is 126 Å². The number of aromatic nitrogens is 2. The Morgan fingerprint density at radius 2 is 1.84 bits per heavy atom. The first kappa shape index (κ1) is 16.8. The molecule has 19 heavy (non-hydrogen) atoms. The van der Waals surface area contributed by atoms with E-state index < -0.39 is 0 Å². The number of halogens is 2. The molecule has 2 heterocycles. The summed E-state index contributed by atoms with van der Waals surface area (Å²) >= 11 is 0. The lowest BCUT2D eigenvalue weighted by Crippen LogP contribution is -2.28. The maximum atomic E-state index is 9.15. The standard InChI is InChI=1S/C13H21N3O.2ClH/c17-8-7-16-9-12(10-1-2-10)15-13(16)11-3-5-14-6-4-11;;/h9-11,14,17H,1-8H2;2*1H. The Morgan fingerprint density at radius 3 is 2.42 bits per heavy atom. The van der Waals surface area contributed by atoms with Crippen molar-refractivity contribution in [2.75, 3.05) is 19.7 Å². The van der Waals surface area contributed by atoms with Gasteiger partial charge in [0, 0.05) is 24.6 Å². The molecule has 110 valence electrons. The molecule has 3 rings (SSSR count). The fourth-order valence-electron chi connectivity index (χ4n) is 2.72. The van der Waals surface area contributed by atoms with E-state index in [9.17, 15) is 0 Å². The molecule has 0 aromatic carbocycles. The summed E-state index contributed by atoms with van der Waals surface area (Å²) in [6.07, 6.45) is 7.11. The summed E-state index contributed by atoms with van der Waals surface area (Å²) in [6.45, 7) is 3.09. The lowest BCUT2D eigenvalue weighted by Gasteiger charge is -2.22. The first-order valence-electron chi connectivity index (χ1n) is 6.77. The van der Waals surface area contributed by atoms with Gasteiger partial charge in [-0.25, -0.2) is 4.98 Å². The summed E-state index contributed by atoms with van der Waals surface area (Å²) in [7, 11) is 0. The van der Waals surface area contributed by atoms with E-state index in [2.05, 4.69) is 16.1 Å². The van der Waals surface area contributed by atoms with Crippen molar-refractivity contribution in [3.05, 3.63) is 17.7 Å². The van der Waals surface area contributed by atoms with Gasteiger partial charge in [-0.15, -0.1) is 24.8 Å². The van der Waals surface area contributed by atoms with Crippen LogP contribution in [-0.2, 0) is 6.54 Å². The minimum atomic E-state index is 0. The Bertz CT molecular complexity index is 387. The Kier molecular flexibility index (Phi) is 6.60. The third-order valence-corrected chi connectivity index (χ3v) is 3.87. The smallest absolute Gasteiger partial charge is 0.112 e. The van der Waals surface area contributed by atoms with Gasteiger partial charge in [-0.05, 0) is 38.8 Å². The lowest BCUT2D eigenvalue weighted by molar-refractivity contribution is 0.271. The van der Waals surface area contributed by atoms with Crippen LogP contribution in [0.5, 0.6) is 0 Å². The molecule has 2 N–H and O–H groups in total. The molecular weight excluding hydrogens is 285 g/mol. The van der Waals surface area contributed by atoms with Crippen molar-refractivity contribution in [1.29, 1.82) is 0 Å². The second-order valence-electron chi connectivity index (χ2n) is 5.24. The molecule has 0 spiro atoms. The highest BCUT2D eigenvalue weighted by molar-refractivity contribution is 5.85. The summed E-state index contributed by atoms with van der Waals surface area (Å²) < 4.78 is 2.18. The van der Waals surface area contributed by atoms with Crippen LogP contribution in [0.25, 0.3) is 0 Å². The fraction of sp³-hybridized carbons (Fsp3) is 0.769. The number of hydrogen-bond acceptors (Lipinski definition) is 3. The minimum Gasteiger partial charge on any atom is -0.395 e. The second kappa shape index (κ2) is 7.48. The molecule has 1 aromatic heterocycles. The first-order chi connectivity index (χ1) is 8.38. The van der Waals surface area contributed by atoms with Crippen molar-refractivity contribution in [2.45, 2.75) is 44.1 Å². The van der Waals surface area contributed by atoms with E-state index in [0.717, 1.165) is 13.1 Å². The molecule has 0 atom stereocenters. The number of aliphatic hydroxyl groups is 1.